The van der Waals surface area contributed by atoms with E-state index >= 15 is 0 Å². The largest absolute Gasteiger partial charge is 0.506 e. The summed E-state index contributed by atoms with van der Waals surface area (Å²) in [7, 11) is 0. The van der Waals surface area contributed by atoms with Crippen LogP contribution in [0.4, 0.5) is 13.2 Å². The fourth-order valence-electron chi connectivity index (χ4n) is 3.93. The van der Waals surface area contributed by atoms with Crippen LogP contribution < -0.4 is 5.56 Å². The van der Waals surface area contributed by atoms with Crippen LogP contribution in [0.3, 0.4) is 0 Å². The van der Waals surface area contributed by atoms with Crippen LogP contribution in [-0.4, -0.2) is 27.2 Å². The van der Waals surface area contributed by atoms with Gasteiger partial charge in [0.05, 0.1) is 12.1 Å². The Morgan fingerprint density at radius 1 is 1.35 bits per heavy atom. The number of hydrogen-bond donors (Lipinski definition) is 1. The first-order chi connectivity index (χ1) is 14.6. The van der Waals surface area contributed by atoms with Crippen LogP contribution in [0.25, 0.3) is 10.9 Å². The molecule has 0 amide bonds. The van der Waals surface area contributed by atoms with Gasteiger partial charge in [0.25, 0.3) is 5.56 Å². The highest BCUT2D eigenvalue weighted by Crippen LogP contribution is 2.38. The van der Waals surface area contributed by atoms with Crippen LogP contribution in [-0.2, 0) is 23.9 Å². The minimum atomic E-state index is -4.54. The SMILES string of the molecule is CCOC(=O)c1c(O)c2cc(Br)cc3c2n(c1=O)CC(c1ccc(C(F)(F)F)nc1)C3. The summed E-state index contributed by atoms with van der Waals surface area (Å²) in [5.41, 5.74) is -0.451. The molecule has 31 heavy (non-hydrogen) atoms. The monoisotopic (exact) mass is 496 g/mol. The summed E-state index contributed by atoms with van der Waals surface area (Å²) in [5, 5.41) is 11.0. The summed E-state index contributed by atoms with van der Waals surface area (Å²) in [6, 6.07) is 5.64. The molecule has 162 valence electrons. The van der Waals surface area contributed by atoms with Gasteiger partial charge in [0.2, 0.25) is 0 Å². The van der Waals surface area contributed by atoms with Crippen molar-refractivity contribution < 1.29 is 27.8 Å². The standard InChI is InChI=1S/C21H16BrF3N2O4/c1-2-31-20(30)16-18(28)14-7-13(22)6-11-5-12(9-27(17(11)14)19(16)29)10-3-4-15(26-8-10)21(23,24)25/h3-4,6-8,12,28H,2,5,9H2,1H3. The zero-order chi connectivity index (χ0) is 22.5. The second kappa shape index (κ2) is 7.67. The number of alkyl halides is 3. The predicted molar refractivity (Wildman–Crippen MR) is 109 cm³/mol. The second-order valence-electron chi connectivity index (χ2n) is 7.20. The summed E-state index contributed by atoms with van der Waals surface area (Å²) >= 11 is 3.37. The number of nitrogens with zero attached hydrogens (tertiary/aromatic N) is 2. The first kappa shape index (κ1) is 21.4. The Bertz CT molecular complexity index is 1250. The maximum absolute atomic E-state index is 13.1. The summed E-state index contributed by atoms with van der Waals surface area (Å²) in [4.78, 5) is 29.0. The van der Waals surface area contributed by atoms with Gasteiger partial charge < -0.3 is 14.4 Å². The van der Waals surface area contributed by atoms with Gasteiger partial charge in [0.1, 0.15) is 11.4 Å². The highest BCUT2D eigenvalue weighted by molar-refractivity contribution is 9.10. The molecule has 0 aliphatic carbocycles. The zero-order valence-electron chi connectivity index (χ0n) is 16.2. The molecule has 1 aliphatic rings. The van der Waals surface area contributed by atoms with E-state index in [1.54, 1.807) is 19.1 Å². The molecule has 4 rings (SSSR count). The van der Waals surface area contributed by atoms with Gasteiger partial charge in [0.15, 0.2) is 5.56 Å². The third kappa shape index (κ3) is 3.69. The van der Waals surface area contributed by atoms with Crippen LogP contribution in [0, 0.1) is 0 Å². The Hall–Kier alpha value is -2.88. The molecule has 1 aromatic carbocycles. The number of ether oxygens (including phenoxy) is 1. The number of carbonyl (C=O) groups excluding carboxylic acids is 1. The fourth-order valence-corrected chi connectivity index (χ4v) is 4.44. The van der Waals surface area contributed by atoms with Crippen LogP contribution >= 0.6 is 15.9 Å². The molecule has 1 atom stereocenters. The number of aromatic nitrogens is 2. The van der Waals surface area contributed by atoms with Crippen molar-refractivity contribution in [1.82, 2.24) is 9.55 Å². The van der Waals surface area contributed by atoms with E-state index < -0.39 is 34.7 Å². The molecule has 1 aliphatic heterocycles. The molecule has 3 aromatic rings. The number of halogens is 4. The highest BCUT2D eigenvalue weighted by Gasteiger charge is 2.33. The van der Waals surface area contributed by atoms with Crippen molar-refractivity contribution in [3.05, 3.63) is 67.7 Å². The van der Waals surface area contributed by atoms with Gasteiger partial charge in [-0.3, -0.25) is 9.78 Å². The molecule has 0 spiro atoms. The van der Waals surface area contributed by atoms with Crippen molar-refractivity contribution in [3.63, 3.8) is 0 Å². The van der Waals surface area contributed by atoms with Gasteiger partial charge in [0, 0.05) is 28.5 Å². The highest BCUT2D eigenvalue weighted by atomic mass is 79.9. The number of rotatable bonds is 3. The molecule has 0 saturated heterocycles. The number of esters is 1. The molecule has 0 radical (unpaired) electrons. The molecular formula is C21H16BrF3N2O4. The van der Waals surface area contributed by atoms with Gasteiger partial charge >= 0.3 is 12.1 Å². The number of hydrogen-bond acceptors (Lipinski definition) is 5. The summed E-state index contributed by atoms with van der Waals surface area (Å²) in [6.45, 7) is 1.73. The van der Waals surface area contributed by atoms with Gasteiger partial charge in [-0.15, -0.1) is 0 Å². The lowest BCUT2D eigenvalue weighted by atomic mass is 9.88. The minimum absolute atomic E-state index is 0.0271. The van der Waals surface area contributed by atoms with Gasteiger partial charge in [-0.05, 0) is 42.7 Å². The molecule has 10 heteroatoms. The Kier molecular flexibility index (Phi) is 5.28. The molecular weight excluding hydrogens is 481 g/mol. The number of pyridine rings is 2. The lowest BCUT2D eigenvalue weighted by Gasteiger charge is -2.28. The maximum atomic E-state index is 13.1. The molecule has 6 nitrogen and oxygen atoms in total. The molecule has 0 saturated carbocycles. The third-order valence-corrected chi connectivity index (χ3v) is 5.73. The molecule has 0 fully saturated rings. The number of carbonyl (C=O) groups is 1. The number of benzene rings is 1. The normalized spacial score (nSPS) is 15.8. The van der Waals surface area contributed by atoms with E-state index in [4.69, 9.17) is 4.74 Å². The van der Waals surface area contributed by atoms with Crippen LogP contribution in [0.1, 0.15) is 40.0 Å². The van der Waals surface area contributed by atoms with Crippen molar-refractivity contribution in [1.29, 1.82) is 0 Å². The second-order valence-corrected chi connectivity index (χ2v) is 8.11. The summed E-state index contributed by atoms with van der Waals surface area (Å²) in [5.74, 6) is -1.74. The summed E-state index contributed by atoms with van der Waals surface area (Å²) in [6.07, 6.45) is -2.97. The Balaban J connectivity index is 1.87. The number of aromatic hydroxyl groups is 1. The third-order valence-electron chi connectivity index (χ3n) is 5.27. The summed E-state index contributed by atoms with van der Waals surface area (Å²) < 4.78 is 45.5. The minimum Gasteiger partial charge on any atom is -0.506 e. The fraction of sp³-hybridized carbons (Fsp3) is 0.286. The van der Waals surface area contributed by atoms with E-state index in [0.717, 1.165) is 12.3 Å². The van der Waals surface area contributed by atoms with E-state index in [-0.39, 0.29) is 19.1 Å². The van der Waals surface area contributed by atoms with E-state index in [9.17, 15) is 27.9 Å². The average molecular weight is 497 g/mol. The van der Waals surface area contributed by atoms with Crippen LogP contribution in [0.2, 0.25) is 0 Å². The van der Waals surface area contributed by atoms with E-state index in [1.165, 1.54) is 10.6 Å². The smallest absolute Gasteiger partial charge is 0.433 e. The van der Waals surface area contributed by atoms with E-state index in [0.29, 0.717) is 32.9 Å². The Labute approximate surface area is 182 Å². The Morgan fingerprint density at radius 2 is 2.10 bits per heavy atom. The topological polar surface area (TPSA) is 81.4 Å². The lowest BCUT2D eigenvalue weighted by molar-refractivity contribution is -0.141. The maximum Gasteiger partial charge on any atom is 0.433 e. The molecule has 0 bridgehead atoms. The molecule has 3 heterocycles. The first-order valence-corrected chi connectivity index (χ1v) is 10.2. The van der Waals surface area contributed by atoms with Crippen molar-refractivity contribution >= 4 is 32.8 Å². The first-order valence-electron chi connectivity index (χ1n) is 9.40. The van der Waals surface area contributed by atoms with Gasteiger partial charge in [-0.2, -0.15) is 13.2 Å². The zero-order valence-corrected chi connectivity index (χ0v) is 17.7. The van der Waals surface area contributed by atoms with Crippen molar-refractivity contribution in [2.45, 2.75) is 32.0 Å². The van der Waals surface area contributed by atoms with E-state index in [1.807, 2.05) is 0 Å². The molecule has 1 unspecified atom stereocenters. The predicted octanol–water partition coefficient (Wildman–Crippen LogP) is 4.40. The van der Waals surface area contributed by atoms with Crippen molar-refractivity contribution in [2.75, 3.05) is 6.61 Å². The van der Waals surface area contributed by atoms with Gasteiger partial charge in [-0.1, -0.05) is 22.0 Å². The van der Waals surface area contributed by atoms with Crippen molar-refractivity contribution in [2.24, 2.45) is 0 Å². The van der Waals surface area contributed by atoms with Crippen LogP contribution in [0.15, 0.2) is 39.7 Å². The average Bonchev–Trinajstić information content (AvgIpc) is 2.71. The molecule has 2 aromatic heterocycles. The molecule has 1 N–H and O–H groups in total. The van der Waals surface area contributed by atoms with Crippen LogP contribution in [0.5, 0.6) is 5.75 Å². The quantitative estimate of drug-likeness (QED) is 0.543. The van der Waals surface area contributed by atoms with Gasteiger partial charge in [-0.25, -0.2) is 4.79 Å². The van der Waals surface area contributed by atoms with E-state index in [2.05, 4.69) is 20.9 Å². The van der Waals surface area contributed by atoms with Crippen molar-refractivity contribution in [3.8, 4) is 5.75 Å². The lowest BCUT2D eigenvalue weighted by Crippen LogP contribution is -2.33. The Morgan fingerprint density at radius 3 is 2.71 bits per heavy atom.